The highest BCUT2D eigenvalue weighted by Crippen LogP contribution is 2.30. The summed E-state index contributed by atoms with van der Waals surface area (Å²) >= 11 is 4.05. The van der Waals surface area contributed by atoms with E-state index in [0.717, 1.165) is 0 Å². The number of ether oxygens (including phenoxy) is 2. The van der Waals surface area contributed by atoms with Crippen molar-refractivity contribution in [3.63, 3.8) is 0 Å². The first kappa shape index (κ1) is 21.4. The van der Waals surface area contributed by atoms with Gasteiger partial charge in [0, 0.05) is 0 Å². The van der Waals surface area contributed by atoms with Crippen LogP contribution in [0.5, 0.6) is 5.75 Å². The van der Waals surface area contributed by atoms with Gasteiger partial charge in [0.2, 0.25) is 0 Å². The highest BCUT2D eigenvalue weighted by Gasteiger charge is 2.34. The van der Waals surface area contributed by atoms with Crippen molar-refractivity contribution in [2.75, 3.05) is 19.8 Å². The molecule has 0 aliphatic carbocycles. The molecule has 0 saturated carbocycles. The third kappa shape index (κ3) is 5.54. The number of halogens is 2. The molecule has 3 amide bonds. The zero-order valence-electron chi connectivity index (χ0n) is 14.0. The predicted octanol–water partition coefficient (Wildman–Crippen LogP) is 1.82. The summed E-state index contributed by atoms with van der Waals surface area (Å²) in [4.78, 5) is 46.7. The van der Waals surface area contributed by atoms with Crippen molar-refractivity contribution >= 4 is 75.1 Å². The first-order valence-electron chi connectivity index (χ1n) is 7.56. The van der Waals surface area contributed by atoms with Crippen LogP contribution in [0.4, 0.5) is 4.79 Å². The molecule has 0 aromatic heterocycles. The zero-order valence-corrected chi connectivity index (χ0v) is 18.3. The van der Waals surface area contributed by atoms with Crippen molar-refractivity contribution < 1.29 is 33.8 Å². The Bertz CT molecular complexity index is 815. The molecule has 0 unspecified atom stereocenters. The number of carboxylic acids is 1. The Kier molecular flexibility index (Phi) is 7.41. The van der Waals surface area contributed by atoms with Gasteiger partial charge in [-0.05, 0) is 75.9 Å². The van der Waals surface area contributed by atoms with Crippen molar-refractivity contribution in [3.8, 4) is 5.75 Å². The Hall–Kier alpha value is -1.90. The second-order valence-corrected chi connectivity index (χ2v) is 7.50. The van der Waals surface area contributed by atoms with Gasteiger partial charge in [-0.2, -0.15) is 0 Å². The summed E-state index contributed by atoms with van der Waals surface area (Å²) in [5, 5.41) is 11.1. The van der Waals surface area contributed by atoms with Crippen LogP contribution >= 0.6 is 45.2 Å². The normalized spacial score (nSPS) is 15.1. The molecule has 1 saturated heterocycles. The van der Waals surface area contributed by atoms with E-state index < -0.39 is 30.4 Å². The lowest BCUT2D eigenvalue weighted by Crippen LogP contribution is -2.35. The number of carbonyl (C=O) groups excluding carboxylic acids is 3. The standard InChI is InChI=1S/C16H14I2N2O7/c1-2-26-13(23)7-27-14-9(17)3-8(4-10(14)18)5-11-15(24)20(6-12(21)22)16(25)19-11/h3-5H,2,6-7H2,1H3,(H,19,25)(H,21,22)/b11-5+. The van der Waals surface area contributed by atoms with Crippen LogP contribution in [0.2, 0.25) is 0 Å². The van der Waals surface area contributed by atoms with Gasteiger partial charge in [-0.25, -0.2) is 14.5 Å². The van der Waals surface area contributed by atoms with Crippen molar-refractivity contribution in [2.45, 2.75) is 6.92 Å². The molecule has 2 rings (SSSR count). The van der Waals surface area contributed by atoms with Crippen LogP contribution in [0.1, 0.15) is 12.5 Å². The van der Waals surface area contributed by atoms with E-state index in [-0.39, 0.29) is 18.9 Å². The van der Waals surface area contributed by atoms with E-state index in [1.807, 2.05) is 45.2 Å². The van der Waals surface area contributed by atoms with E-state index in [1.54, 1.807) is 19.1 Å². The average Bonchev–Trinajstić information content (AvgIpc) is 2.81. The molecule has 144 valence electrons. The highest BCUT2D eigenvalue weighted by atomic mass is 127. The summed E-state index contributed by atoms with van der Waals surface area (Å²) in [6.07, 6.45) is 1.45. The number of amides is 3. The SMILES string of the molecule is CCOC(=O)COc1c(I)cc(/C=C2/NC(=O)N(CC(=O)O)C2=O)cc1I. The van der Waals surface area contributed by atoms with Gasteiger partial charge in [-0.1, -0.05) is 0 Å². The van der Waals surface area contributed by atoms with Gasteiger partial charge in [-0.3, -0.25) is 9.59 Å². The van der Waals surface area contributed by atoms with E-state index in [1.165, 1.54) is 6.08 Å². The number of rotatable bonds is 7. The Morgan fingerprint density at radius 1 is 1.26 bits per heavy atom. The largest absolute Gasteiger partial charge is 0.480 e. The van der Waals surface area contributed by atoms with E-state index in [4.69, 9.17) is 14.6 Å². The van der Waals surface area contributed by atoms with Crippen LogP contribution in [-0.2, 0) is 19.1 Å². The van der Waals surface area contributed by atoms with E-state index in [0.29, 0.717) is 23.4 Å². The maximum atomic E-state index is 12.2. The van der Waals surface area contributed by atoms with Crippen molar-refractivity contribution in [1.82, 2.24) is 10.2 Å². The highest BCUT2D eigenvalue weighted by molar-refractivity contribution is 14.1. The van der Waals surface area contributed by atoms with Gasteiger partial charge in [0.15, 0.2) is 6.61 Å². The third-order valence-corrected chi connectivity index (χ3v) is 4.83. The minimum absolute atomic E-state index is 0.0203. The number of imide groups is 1. The van der Waals surface area contributed by atoms with E-state index in [9.17, 15) is 19.2 Å². The van der Waals surface area contributed by atoms with Crippen LogP contribution in [-0.4, -0.2) is 53.6 Å². The minimum Gasteiger partial charge on any atom is -0.480 e. The summed E-state index contributed by atoms with van der Waals surface area (Å²) in [5.74, 6) is -1.98. The molecule has 1 aromatic carbocycles. The maximum absolute atomic E-state index is 12.2. The number of aliphatic carboxylic acids is 1. The van der Waals surface area contributed by atoms with Crippen LogP contribution in [0.3, 0.4) is 0 Å². The van der Waals surface area contributed by atoms with E-state index >= 15 is 0 Å². The van der Waals surface area contributed by atoms with Gasteiger partial charge >= 0.3 is 18.0 Å². The molecule has 1 aromatic rings. The van der Waals surface area contributed by atoms with Gasteiger partial charge in [0.1, 0.15) is 18.0 Å². The molecule has 1 aliphatic rings. The number of hydrogen-bond acceptors (Lipinski definition) is 6. The molecule has 11 heteroatoms. The number of benzene rings is 1. The molecule has 0 bridgehead atoms. The number of urea groups is 1. The van der Waals surface area contributed by atoms with Crippen LogP contribution in [0, 0.1) is 7.14 Å². The number of nitrogens with zero attached hydrogens (tertiary/aromatic N) is 1. The van der Waals surface area contributed by atoms with Crippen molar-refractivity contribution in [1.29, 1.82) is 0 Å². The molecule has 9 nitrogen and oxygen atoms in total. The average molecular weight is 600 g/mol. The summed E-state index contributed by atoms with van der Waals surface area (Å²) in [6.45, 7) is 1.03. The number of hydrogen-bond donors (Lipinski definition) is 2. The zero-order chi connectivity index (χ0) is 20.1. The summed E-state index contributed by atoms with van der Waals surface area (Å²) in [6, 6.07) is 2.62. The molecule has 1 heterocycles. The maximum Gasteiger partial charge on any atom is 0.344 e. The summed E-state index contributed by atoms with van der Waals surface area (Å²) in [7, 11) is 0. The number of nitrogens with one attached hydrogen (secondary N) is 1. The fourth-order valence-electron chi connectivity index (χ4n) is 2.15. The Labute approximate surface area is 181 Å². The molecular formula is C16H14I2N2O7. The molecule has 0 atom stereocenters. The molecule has 1 aliphatic heterocycles. The third-order valence-electron chi connectivity index (χ3n) is 3.23. The second kappa shape index (κ2) is 9.34. The smallest absolute Gasteiger partial charge is 0.344 e. The first-order chi connectivity index (χ1) is 12.7. The van der Waals surface area contributed by atoms with Gasteiger partial charge in [-0.15, -0.1) is 0 Å². The summed E-state index contributed by atoms with van der Waals surface area (Å²) in [5.41, 5.74) is 0.584. The lowest BCUT2D eigenvalue weighted by Gasteiger charge is -2.11. The fourth-order valence-corrected chi connectivity index (χ4v) is 4.28. The van der Waals surface area contributed by atoms with Crippen LogP contribution in [0.15, 0.2) is 17.8 Å². The van der Waals surface area contributed by atoms with Crippen molar-refractivity contribution in [3.05, 3.63) is 30.5 Å². The first-order valence-corrected chi connectivity index (χ1v) is 9.72. The fraction of sp³-hybridized carbons (Fsp3) is 0.250. The molecule has 1 fully saturated rings. The lowest BCUT2D eigenvalue weighted by molar-refractivity contribution is -0.145. The molecule has 0 spiro atoms. The minimum atomic E-state index is -1.29. The Balaban J connectivity index is 2.19. The predicted molar refractivity (Wildman–Crippen MR) is 110 cm³/mol. The monoisotopic (exact) mass is 600 g/mol. The van der Waals surface area contributed by atoms with Gasteiger partial charge in [0.25, 0.3) is 5.91 Å². The van der Waals surface area contributed by atoms with Crippen LogP contribution in [0.25, 0.3) is 6.08 Å². The second-order valence-electron chi connectivity index (χ2n) is 5.18. The summed E-state index contributed by atoms with van der Waals surface area (Å²) < 4.78 is 11.7. The van der Waals surface area contributed by atoms with Gasteiger partial charge < -0.3 is 19.9 Å². The Morgan fingerprint density at radius 3 is 2.44 bits per heavy atom. The van der Waals surface area contributed by atoms with Gasteiger partial charge in [0.05, 0.1) is 13.7 Å². The number of carbonyl (C=O) groups is 4. The molecule has 2 N–H and O–H groups in total. The molecule has 27 heavy (non-hydrogen) atoms. The topological polar surface area (TPSA) is 122 Å². The molecule has 0 radical (unpaired) electrons. The quantitative estimate of drug-likeness (QED) is 0.212. The van der Waals surface area contributed by atoms with Crippen LogP contribution < -0.4 is 10.1 Å². The Morgan fingerprint density at radius 2 is 1.89 bits per heavy atom. The molecular weight excluding hydrogens is 586 g/mol. The number of carboxylic acid groups (broad SMARTS) is 1. The van der Waals surface area contributed by atoms with E-state index in [2.05, 4.69) is 5.32 Å². The lowest BCUT2D eigenvalue weighted by atomic mass is 10.2. The van der Waals surface area contributed by atoms with Crippen molar-refractivity contribution in [2.24, 2.45) is 0 Å². The number of esters is 1.